The second-order valence-corrected chi connectivity index (χ2v) is 10.6. The Hall–Kier alpha value is 0.467. The number of hydrogen-bond donors (Lipinski definition) is 1. The van der Waals surface area contributed by atoms with E-state index in [2.05, 4.69) is 13.1 Å². The van der Waals surface area contributed by atoms with Crippen molar-refractivity contribution in [2.75, 3.05) is 6.61 Å². The summed E-state index contributed by atoms with van der Waals surface area (Å²) in [5.74, 6) is 0. The van der Waals surface area contributed by atoms with Crippen LogP contribution in [0.1, 0.15) is 25.7 Å². The highest BCUT2D eigenvalue weighted by Crippen LogP contribution is 2.18. The first-order chi connectivity index (χ1) is 5.06. The Bertz CT molecular complexity index is 90.6. The molecule has 0 aromatic heterocycles. The minimum absolute atomic E-state index is 0.335. The summed E-state index contributed by atoms with van der Waals surface area (Å²) in [6, 6.07) is 1.21. The molecule has 0 amide bonds. The third kappa shape index (κ3) is 10.5. The third-order valence-corrected chi connectivity index (χ3v) is 3.79. The van der Waals surface area contributed by atoms with Crippen LogP contribution in [0, 0.1) is 0 Å². The fourth-order valence-electron chi connectivity index (χ4n) is 1.01. The summed E-state index contributed by atoms with van der Waals surface area (Å²) in [5.41, 5.74) is 0. The molecule has 0 rings (SSSR count). The number of rotatable bonds is 6. The highest BCUT2D eigenvalue weighted by atomic mass is 35.6. The lowest BCUT2D eigenvalue weighted by Crippen LogP contribution is -2.14. The smallest absolute Gasteiger partial charge is 0.150 e. The fraction of sp³-hybridized carbons (Fsp3) is 1.00. The summed E-state index contributed by atoms with van der Waals surface area (Å²) in [6.07, 6.45) is 4.56. The normalized spacial score (nSPS) is 12.0. The number of halogens is 1. The third-order valence-electron chi connectivity index (χ3n) is 1.68. The van der Waals surface area contributed by atoms with E-state index in [0.29, 0.717) is 6.61 Å². The van der Waals surface area contributed by atoms with Crippen molar-refractivity contribution in [3.05, 3.63) is 0 Å². The van der Waals surface area contributed by atoms with E-state index in [9.17, 15) is 0 Å². The van der Waals surface area contributed by atoms with Gasteiger partial charge in [-0.15, -0.1) is 0 Å². The molecular weight excluding hydrogens is 176 g/mol. The fourth-order valence-corrected chi connectivity index (χ4v) is 2.50. The Balaban J connectivity index is 3.02. The maximum atomic E-state index is 8.51. The Kier molecular flexibility index (Phi) is 6.29. The van der Waals surface area contributed by atoms with Crippen LogP contribution in [-0.4, -0.2) is 19.1 Å². The second kappa shape index (κ2) is 6.04. The van der Waals surface area contributed by atoms with Gasteiger partial charge in [-0.25, -0.2) is 0 Å². The standard InChI is InChI=1S/C8H19ClOSi/c1-11(2,9)8-6-4-3-5-7-10/h10H,3-8H2,1-2H3. The molecule has 0 saturated heterocycles. The zero-order valence-electron chi connectivity index (χ0n) is 7.57. The van der Waals surface area contributed by atoms with Crippen LogP contribution >= 0.6 is 11.1 Å². The molecule has 0 aromatic carbocycles. The van der Waals surface area contributed by atoms with Gasteiger partial charge in [-0.05, 0) is 12.5 Å². The molecule has 0 saturated carbocycles. The van der Waals surface area contributed by atoms with Crippen LogP contribution in [0.3, 0.4) is 0 Å². The van der Waals surface area contributed by atoms with Crippen molar-refractivity contribution in [1.29, 1.82) is 0 Å². The van der Waals surface area contributed by atoms with Gasteiger partial charge in [-0.3, -0.25) is 0 Å². The summed E-state index contributed by atoms with van der Waals surface area (Å²) >= 11 is 6.14. The monoisotopic (exact) mass is 194 g/mol. The maximum absolute atomic E-state index is 8.51. The minimum Gasteiger partial charge on any atom is -0.396 e. The molecule has 0 atom stereocenters. The van der Waals surface area contributed by atoms with Crippen molar-refractivity contribution in [3.63, 3.8) is 0 Å². The predicted octanol–water partition coefficient (Wildman–Crippen LogP) is 2.98. The molecule has 68 valence electrons. The van der Waals surface area contributed by atoms with Gasteiger partial charge in [0.1, 0.15) is 7.38 Å². The van der Waals surface area contributed by atoms with Crippen LogP contribution in [0.4, 0.5) is 0 Å². The molecule has 3 heteroatoms. The summed E-state index contributed by atoms with van der Waals surface area (Å²) in [6.45, 7) is 4.70. The molecule has 0 aromatic rings. The van der Waals surface area contributed by atoms with Crippen molar-refractivity contribution in [1.82, 2.24) is 0 Å². The Morgan fingerprint density at radius 2 is 1.64 bits per heavy atom. The lowest BCUT2D eigenvalue weighted by atomic mass is 10.2. The number of unbranched alkanes of at least 4 members (excludes halogenated alkanes) is 3. The molecule has 0 bridgehead atoms. The van der Waals surface area contributed by atoms with Gasteiger partial charge >= 0.3 is 0 Å². The molecule has 0 aliphatic carbocycles. The second-order valence-electron chi connectivity index (χ2n) is 3.61. The van der Waals surface area contributed by atoms with E-state index in [1.165, 1.54) is 18.9 Å². The topological polar surface area (TPSA) is 20.2 Å². The molecule has 1 N–H and O–H groups in total. The van der Waals surface area contributed by atoms with Gasteiger partial charge < -0.3 is 5.11 Å². The van der Waals surface area contributed by atoms with Gasteiger partial charge in [0.05, 0.1) is 0 Å². The molecule has 0 aliphatic rings. The Morgan fingerprint density at radius 3 is 2.09 bits per heavy atom. The molecule has 11 heavy (non-hydrogen) atoms. The number of hydrogen-bond acceptors (Lipinski definition) is 1. The molecule has 0 radical (unpaired) electrons. The minimum atomic E-state index is -1.31. The van der Waals surface area contributed by atoms with E-state index in [1.54, 1.807) is 0 Å². The van der Waals surface area contributed by atoms with Crippen LogP contribution in [0.25, 0.3) is 0 Å². The first kappa shape index (κ1) is 11.5. The van der Waals surface area contributed by atoms with Crippen LogP contribution in [0.2, 0.25) is 19.1 Å². The van der Waals surface area contributed by atoms with Gasteiger partial charge in [0, 0.05) is 6.61 Å². The van der Waals surface area contributed by atoms with Gasteiger partial charge in [0.2, 0.25) is 0 Å². The summed E-state index contributed by atoms with van der Waals surface area (Å²) in [7, 11) is -1.31. The SMILES string of the molecule is C[Si](C)(Cl)CCCCCCO. The van der Waals surface area contributed by atoms with Crippen molar-refractivity contribution in [2.24, 2.45) is 0 Å². The van der Waals surface area contributed by atoms with Crippen LogP contribution in [0.5, 0.6) is 0 Å². The van der Waals surface area contributed by atoms with Crippen LogP contribution < -0.4 is 0 Å². The molecular formula is C8H19ClOSi. The average Bonchev–Trinajstić information content (AvgIpc) is 1.85. The van der Waals surface area contributed by atoms with Crippen LogP contribution in [0.15, 0.2) is 0 Å². The van der Waals surface area contributed by atoms with E-state index >= 15 is 0 Å². The van der Waals surface area contributed by atoms with E-state index in [0.717, 1.165) is 12.8 Å². The lowest BCUT2D eigenvalue weighted by molar-refractivity contribution is 0.283. The van der Waals surface area contributed by atoms with Crippen molar-refractivity contribution < 1.29 is 5.11 Å². The maximum Gasteiger partial charge on any atom is 0.150 e. The average molecular weight is 195 g/mol. The van der Waals surface area contributed by atoms with Gasteiger partial charge in [0.15, 0.2) is 0 Å². The molecule has 0 heterocycles. The summed E-state index contributed by atoms with van der Waals surface area (Å²) in [5, 5.41) is 8.51. The van der Waals surface area contributed by atoms with E-state index in [-0.39, 0.29) is 0 Å². The predicted molar refractivity (Wildman–Crippen MR) is 53.7 cm³/mol. The zero-order chi connectivity index (χ0) is 8.74. The largest absolute Gasteiger partial charge is 0.396 e. The molecule has 0 aliphatic heterocycles. The molecule has 0 spiro atoms. The highest BCUT2D eigenvalue weighted by Gasteiger charge is 2.15. The Labute approximate surface area is 75.5 Å². The van der Waals surface area contributed by atoms with Gasteiger partial charge in [-0.1, -0.05) is 32.4 Å². The van der Waals surface area contributed by atoms with Crippen molar-refractivity contribution in [2.45, 2.75) is 44.8 Å². The molecule has 0 fully saturated rings. The van der Waals surface area contributed by atoms with Crippen molar-refractivity contribution in [3.8, 4) is 0 Å². The number of aliphatic hydroxyl groups is 1. The van der Waals surface area contributed by atoms with Crippen molar-refractivity contribution >= 4 is 18.5 Å². The number of aliphatic hydroxyl groups excluding tert-OH is 1. The molecule has 1 nitrogen and oxygen atoms in total. The first-order valence-electron chi connectivity index (χ1n) is 4.36. The van der Waals surface area contributed by atoms with E-state index in [1.807, 2.05) is 0 Å². The molecule has 0 unspecified atom stereocenters. The Morgan fingerprint density at radius 1 is 1.09 bits per heavy atom. The quantitative estimate of drug-likeness (QED) is 0.392. The summed E-state index contributed by atoms with van der Waals surface area (Å²) in [4.78, 5) is 0. The van der Waals surface area contributed by atoms with Crippen LogP contribution in [-0.2, 0) is 0 Å². The van der Waals surface area contributed by atoms with E-state index in [4.69, 9.17) is 16.2 Å². The van der Waals surface area contributed by atoms with E-state index < -0.39 is 7.38 Å². The van der Waals surface area contributed by atoms with Gasteiger partial charge in [0.25, 0.3) is 0 Å². The first-order valence-corrected chi connectivity index (χ1v) is 8.58. The lowest BCUT2D eigenvalue weighted by Gasteiger charge is -2.11. The summed E-state index contributed by atoms with van der Waals surface area (Å²) < 4.78 is 0. The van der Waals surface area contributed by atoms with Gasteiger partial charge in [-0.2, -0.15) is 11.1 Å². The zero-order valence-corrected chi connectivity index (χ0v) is 9.32. The highest BCUT2D eigenvalue weighted by molar-refractivity contribution is 7.19.